The molecule has 1 aliphatic heterocycles. The minimum atomic E-state index is -1.03. The van der Waals surface area contributed by atoms with Crippen LogP contribution in [0.4, 0.5) is 4.39 Å². The van der Waals surface area contributed by atoms with Crippen LogP contribution in [0.15, 0.2) is 51.0 Å². The van der Waals surface area contributed by atoms with Crippen molar-refractivity contribution in [3.8, 4) is 5.75 Å². The quantitative estimate of drug-likeness (QED) is 0.785. The summed E-state index contributed by atoms with van der Waals surface area (Å²) in [6.07, 6.45) is -0.442. The van der Waals surface area contributed by atoms with E-state index in [1.807, 2.05) is 0 Å². The second kappa shape index (κ2) is 7.24. The van der Waals surface area contributed by atoms with Crippen molar-refractivity contribution < 1.29 is 28.2 Å². The van der Waals surface area contributed by atoms with Crippen molar-refractivity contribution in [2.24, 2.45) is 5.73 Å². The summed E-state index contributed by atoms with van der Waals surface area (Å²) in [5.41, 5.74) is 5.53. The summed E-state index contributed by atoms with van der Waals surface area (Å²) in [4.78, 5) is 25.0. The molecule has 27 heavy (non-hydrogen) atoms. The fourth-order valence-electron chi connectivity index (χ4n) is 2.86. The van der Waals surface area contributed by atoms with E-state index in [2.05, 4.69) is 0 Å². The molecule has 1 aliphatic rings. The number of benzene rings is 1. The summed E-state index contributed by atoms with van der Waals surface area (Å²) in [6, 6.07) is 6.51. The normalized spacial score (nSPS) is 16.1. The van der Waals surface area contributed by atoms with E-state index < -0.39 is 35.8 Å². The number of nitrogens with two attached hydrogens (primary N) is 1. The van der Waals surface area contributed by atoms with Crippen LogP contribution in [0.25, 0.3) is 0 Å². The molecular weight excluding hydrogens is 357 g/mol. The first kappa shape index (κ1) is 18.7. The molecule has 2 heterocycles. The number of esters is 1. The zero-order valence-corrected chi connectivity index (χ0v) is 14.7. The Bertz CT molecular complexity index is 978. The summed E-state index contributed by atoms with van der Waals surface area (Å²) >= 11 is 0. The smallest absolute Gasteiger partial charge is 0.340 e. The Morgan fingerprint density at radius 2 is 2.11 bits per heavy atom. The number of halogens is 1. The lowest BCUT2D eigenvalue weighted by molar-refractivity contribution is -0.143. The number of hydrogen-bond donors (Lipinski definition) is 2. The number of aliphatic hydroxyl groups excluding tert-OH is 1. The summed E-state index contributed by atoms with van der Waals surface area (Å²) in [6.45, 7) is 2.78. The number of ether oxygens (including phenoxy) is 2. The van der Waals surface area contributed by atoms with E-state index >= 15 is 0 Å². The molecule has 0 saturated carbocycles. The molecule has 0 bridgehead atoms. The molecule has 1 atom stereocenters. The molecule has 0 saturated heterocycles. The Kier molecular flexibility index (Phi) is 5.00. The lowest BCUT2D eigenvalue weighted by atomic mass is 9.86. The first-order chi connectivity index (χ1) is 12.8. The van der Waals surface area contributed by atoms with Gasteiger partial charge in [0, 0.05) is 6.07 Å². The van der Waals surface area contributed by atoms with Crippen LogP contribution in [0.3, 0.4) is 0 Å². The van der Waals surface area contributed by atoms with E-state index in [0.717, 1.165) is 6.07 Å². The van der Waals surface area contributed by atoms with Crippen molar-refractivity contribution in [2.75, 3.05) is 0 Å². The van der Waals surface area contributed by atoms with E-state index in [4.69, 9.17) is 19.6 Å². The van der Waals surface area contributed by atoms with Gasteiger partial charge in [-0.3, -0.25) is 4.79 Å². The molecule has 0 radical (unpaired) electrons. The van der Waals surface area contributed by atoms with Crippen LogP contribution in [-0.4, -0.2) is 17.2 Å². The van der Waals surface area contributed by atoms with Gasteiger partial charge in [-0.05, 0) is 31.5 Å². The molecule has 0 amide bonds. The summed E-state index contributed by atoms with van der Waals surface area (Å²) in [7, 11) is 0. The summed E-state index contributed by atoms with van der Waals surface area (Å²) < 4.78 is 30.0. The maximum atomic E-state index is 13.8. The standard InChI is InChI=1S/C19H18FNO6/c1-9(2)25-19(24)15-14(10-4-3-5-11(20)6-10)17-16(27-18(15)21)13(23)7-12(8-22)26-17/h3-7,9,14,22H,8,21H2,1-2H3/t14-/m0/s1. The van der Waals surface area contributed by atoms with Gasteiger partial charge in [0.2, 0.25) is 17.1 Å². The van der Waals surface area contributed by atoms with Crippen LogP contribution in [0, 0.1) is 5.82 Å². The van der Waals surface area contributed by atoms with Crippen LogP contribution in [-0.2, 0) is 16.1 Å². The number of fused-ring (bicyclic) bond motifs is 1. The molecule has 1 aromatic carbocycles. The lowest BCUT2D eigenvalue weighted by Gasteiger charge is -2.27. The molecule has 3 rings (SSSR count). The molecule has 0 fully saturated rings. The highest BCUT2D eigenvalue weighted by atomic mass is 19.1. The molecule has 0 unspecified atom stereocenters. The van der Waals surface area contributed by atoms with E-state index in [0.29, 0.717) is 5.56 Å². The minimum absolute atomic E-state index is 0.0270. The Morgan fingerprint density at radius 1 is 1.37 bits per heavy atom. The van der Waals surface area contributed by atoms with Gasteiger partial charge >= 0.3 is 5.97 Å². The van der Waals surface area contributed by atoms with Crippen LogP contribution >= 0.6 is 0 Å². The van der Waals surface area contributed by atoms with Crippen molar-refractivity contribution in [3.63, 3.8) is 0 Å². The van der Waals surface area contributed by atoms with Gasteiger partial charge in [-0.2, -0.15) is 0 Å². The fourth-order valence-corrected chi connectivity index (χ4v) is 2.86. The SMILES string of the molecule is CC(C)OC(=O)C1=C(N)Oc2c(oc(CO)cc2=O)[C@H]1c1cccc(F)c1. The Morgan fingerprint density at radius 3 is 2.74 bits per heavy atom. The zero-order valence-electron chi connectivity index (χ0n) is 14.7. The third-order valence-corrected chi connectivity index (χ3v) is 3.91. The largest absolute Gasteiger partial charge is 0.459 e. The third kappa shape index (κ3) is 3.56. The summed E-state index contributed by atoms with van der Waals surface area (Å²) in [5.74, 6) is -2.99. The van der Waals surface area contributed by atoms with E-state index in [1.54, 1.807) is 19.9 Å². The zero-order chi connectivity index (χ0) is 19.7. The van der Waals surface area contributed by atoms with E-state index in [-0.39, 0.29) is 28.7 Å². The maximum absolute atomic E-state index is 13.8. The van der Waals surface area contributed by atoms with Crippen molar-refractivity contribution in [2.45, 2.75) is 32.5 Å². The van der Waals surface area contributed by atoms with Crippen LogP contribution < -0.4 is 15.9 Å². The number of carbonyl (C=O) groups is 1. The molecule has 0 spiro atoms. The van der Waals surface area contributed by atoms with Gasteiger partial charge in [0.25, 0.3) is 0 Å². The average Bonchev–Trinajstić information content (AvgIpc) is 2.60. The first-order valence-corrected chi connectivity index (χ1v) is 8.23. The Hall–Kier alpha value is -3.13. The molecule has 0 aliphatic carbocycles. The van der Waals surface area contributed by atoms with Crippen LogP contribution in [0.5, 0.6) is 5.75 Å². The highest BCUT2D eigenvalue weighted by Crippen LogP contribution is 2.41. The molecule has 3 N–H and O–H groups in total. The van der Waals surface area contributed by atoms with Crippen LogP contribution in [0.1, 0.15) is 36.8 Å². The van der Waals surface area contributed by atoms with Crippen molar-refractivity contribution in [3.05, 3.63) is 74.9 Å². The van der Waals surface area contributed by atoms with Gasteiger partial charge in [-0.1, -0.05) is 12.1 Å². The van der Waals surface area contributed by atoms with Gasteiger partial charge in [0.15, 0.2) is 5.76 Å². The molecule has 142 valence electrons. The molecular formula is C19H18FNO6. The predicted molar refractivity (Wildman–Crippen MR) is 92.2 cm³/mol. The number of rotatable bonds is 4. The van der Waals surface area contributed by atoms with Crippen molar-refractivity contribution in [1.82, 2.24) is 0 Å². The molecule has 8 heteroatoms. The molecule has 1 aromatic heterocycles. The van der Waals surface area contributed by atoms with Gasteiger partial charge in [0.05, 0.1) is 12.0 Å². The second-order valence-electron chi connectivity index (χ2n) is 6.25. The van der Waals surface area contributed by atoms with Crippen molar-refractivity contribution >= 4 is 5.97 Å². The number of hydrogen-bond acceptors (Lipinski definition) is 7. The van der Waals surface area contributed by atoms with E-state index in [1.165, 1.54) is 18.2 Å². The predicted octanol–water partition coefficient (Wildman–Crippen LogP) is 1.92. The molecule has 7 nitrogen and oxygen atoms in total. The van der Waals surface area contributed by atoms with Crippen LogP contribution in [0.2, 0.25) is 0 Å². The minimum Gasteiger partial charge on any atom is -0.459 e. The van der Waals surface area contributed by atoms with Gasteiger partial charge < -0.3 is 24.7 Å². The summed E-state index contributed by atoms with van der Waals surface area (Å²) in [5, 5.41) is 9.35. The topological polar surface area (TPSA) is 112 Å². The number of aliphatic hydroxyl groups is 1. The fraction of sp³-hybridized carbons (Fsp3) is 0.263. The first-order valence-electron chi connectivity index (χ1n) is 8.23. The van der Waals surface area contributed by atoms with Gasteiger partial charge in [-0.15, -0.1) is 0 Å². The van der Waals surface area contributed by atoms with E-state index in [9.17, 15) is 19.1 Å². The monoisotopic (exact) mass is 375 g/mol. The highest BCUT2D eigenvalue weighted by molar-refractivity contribution is 5.92. The Balaban J connectivity index is 2.26. The maximum Gasteiger partial charge on any atom is 0.340 e. The highest BCUT2D eigenvalue weighted by Gasteiger charge is 2.39. The van der Waals surface area contributed by atoms with Gasteiger partial charge in [0.1, 0.15) is 23.8 Å². The van der Waals surface area contributed by atoms with Gasteiger partial charge in [-0.25, -0.2) is 9.18 Å². The average molecular weight is 375 g/mol. The molecule has 2 aromatic rings. The second-order valence-corrected chi connectivity index (χ2v) is 6.25. The number of carbonyl (C=O) groups excluding carboxylic acids is 1. The van der Waals surface area contributed by atoms with Crippen molar-refractivity contribution in [1.29, 1.82) is 0 Å². The third-order valence-electron chi connectivity index (χ3n) is 3.91. The lowest BCUT2D eigenvalue weighted by Crippen LogP contribution is -2.31. The Labute approximate surface area is 153 Å².